The van der Waals surface area contributed by atoms with E-state index in [1.807, 2.05) is 18.2 Å². The van der Waals surface area contributed by atoms with Gasteiger partial charge in [-0.25, -0.2) is 9.59 Å². The molecular formula is C24H34N4O7. The zero-order chi connectivity index (χ0) is 25.4. The van der Waals surface area contributed by atoms with E-state index < -0.39 is 23.6 Å². The van der Waals surface area contributed by atoms with Crippen LogP contribution in [0.3, 0.4) is 0 Å². The predicted molar refractivity (Wildman–Crippen MR) is 128 cm³/mol. The molecule has 2 aromatic rings. The number of alkyl carbamates (subject to hydrolysis) is 1. The number of aromatic nitrogens is 2. The summed E-state index contributed by atoms with van der Waals surface area (Å²) >= 11 is 0. The number of hydrogen-bond acceptors (Lipinski definition) is 7. The van der Waals surface area contributed by atoms with Crippen molar-refractivity contribution in [3.05, 3.63) is 34.7 Å². The van der Waals surface area contributed by atoms with Gasteiger partial charge in [0.1, 0.15) is 11.6 Å². The molecule has 1 fully saturated rings. The Labute approximate surface area is 203 Å². The number of nitrogens with zero attached hydrogens (tertiary/aromatic N) is 2. The van der Waals surface area contributed by atoms with Crippen LogP contribution in [0.2, 0.25) is 0 Å². The number of imidazole rings is 1. The van der Waals surface area contributed by atoms with Gasteiger partial charge in [0.15, 0.2) is 0 Å². The predicted octanol–water partition coefficient (Wildman–Crippen LogP) is 1.73. The molecule has 0 aliphatic carbocycles. The van der Waals surface area contributed by atoms with Crippen molar-refractivity contribution in [3.8, 4) is 0 Å². The molecule has 1 saturated heterocycles. The second-order valence-corrected chi connectivity index (χ2v) is 9.27. The van der Waals surface area contributed by atoms with Crippen LogP contribution in [0.5, 0.6) is 0 Å². The van der Waals surface area contributed by atoms with Crippen LogP contribution in [0, 0.1) is 0 Å². The SMILES string of the molecule is CC(C)(C)OC(=O)NCCOCCOCCn1c(=O)n(C2CCCC(=O)NC2=O)c2ccccc21. The molecule has 1 aliphatic rings. The molecule has 3 rings (SSSR count). The summed E-state index contributed by atoms with van der Waals surface area (Å²) in [5.74, 6) is -0.766. The lowest BCUT2D eigenvalue weighted by Crippen LogP contribution is -2.38. The Morgan fingerprint density at radius 2 is 1.74 bits per heavy atom. The molecule has 11 heteroatoms. The Hall–Kier alpha value is -3.18. The highest BCUT2D eigenvalue weighted by molar-refractivity contribution is 5.98. The first-order valence-electron chi connectivity index (χ1n) is 11.8. The Morgan fingerprint density at radius 3 is 2.46 bits per heavy atom. The topological polar surface area (TPSA) is 130 Å². The van der Waals surface area contributed by atoms with E-state index in [4.69, 9.17) is 14.2 Å². The second kappa shape index (κ2) is 12.0. The summed E-state index contributed by atoms with van der Waals surface area (Å²) in [6.45, 7) is 7.28. The number of hydrogen-bond donors (Lipinski definition) is 2. The number of benzene rings is 1. The minimum absolute atomic E-state index is 0.266. The lowest BCUT2D eigenvalue weighted by Gasteiger charge is -2.19. The van der Waals surface area contributed by atoms with Gasteiger partial charge in [-0.05, 0) is 45.7 Å². The van der Waals surface area contributed by atoms with Gasteiger partial charge in [-0.15, -0.1) is 0 Å². The third kappa shape index (κ3) is 7.40. The molecule has 1 aliphatic heterocycles. The van der Waals surface area contributed by atoms with Gasteiger partial charge in [-0.3, -0.25) is 24.0 Å². The van der Waals surface area contributed by atoms with Crippen molar-refractivity contribution in [1.82, 2.24) is 19.8 Å². The van der Waals surface area contributed by atoms with Crippen molar-refractivity contribution in [2.75, 3.05) is 33.0 Å². The summed E-state index contributed by atoms with van der Waals surface area (Å²) < 4.78 is 19.3. The minimum atomic E-state index is -0.733. The normalized spacial score (nSPS) is 16.7. The summed E-state index contributed by atoms with van der Waals surface area (Å²) in [6, 6.07) is 6.54. The molecule has 2 heterocycles. The molecular weight excluding hydrogens is 456 g/mol. The van der Waals surface area contributed by atoms with Crippen LogP contribution in [0.15, 0.2) is 29.1 Å². The fourth-order valence-electron chi connectivity index (χ4n) is 3.88. The van der Waals surface area contributed by atoms with Gasteiger partial charge in [0.05, 0.1) is 44.0 Å². The third-order valence-electron chi connectivity index (χ3n) is 5.37. The number of fused-ring (bicyclic) bond motifs is 1. The lowest BCUT2D eigenvalue weighted by molar-refractivity contribution is -0.131. The van der Waals surface area contributed by atoms with Crippen molar-refractivity contribution in [2.45, 2.75) is 58.2 Å². The van der Waals surface area contributed by atoms with Crippen LogP contribution in [0.4, 0.5) is 4.79 Å². The van der Waals surface area contributed by atoms with Gasteiger partial charge < -0.3 is 19.5 Å². The van der Waals surface area contributed by atoms with Gasteiger partial charge in [0, 0.05) is 13.0 Å². The third-order valence-corrected chi connectivity index (χ3v) is 5.37. The zero-order valence-corrected chi connectivity index (χ0v) is 20.5. The monoisotopic (exact) mass is 490 g/mol. The molecule has 1 aromatic heterocycles. The molecule has 3 amide bonds. The number of nitrogens with one attached hydrogen (secondary N) is 2. The second-order valence-electron chi connectivity index (χ2n) is 9.27. The first-order valence-corrected chi connectivity index (χ1v) is 11.8. The van der Waals surface area contributed by atoms with Gasteiger partial charge >= 0.3 is 11.8 Å². The molecule has 0 bridgehead atoms. The molecule has 2 N–H and O–H groups in total. The summed E-state index contributed by atoms with van der Waals surface area (Å²) in [5.41, 5.74) is 0.490. The summed E-state index contributed by atoms with van der Waals surface area (Å²) in [5, 5.41) is 4.98. The van der Waals surface area contributed by atoms with E-state index >= 15 is 0 Å². The van der Waals surface area contributed by atoms with Crippen molar-refractivity contribution in [2.24, 2.45) is 0 Å². The van der Waals surface area contributed by atoms with Crippen molar-refractivity contribution in [3.63, 3.8) is 0 Å². The van der Waals surface area contributed by atoms with E-state index in [-0.39, 0.29) is 24.6 Å². The van der Waals surface area contributed by atoms with Crippen molar-refractivity contribution < 1.29 is 28.6 Å². The number of para-hydroxylation sites is 2. The van der Waals surface area contributed by atoms with E-state index in [1.54, 1.807) is 31.4 Å². The van der Waals surface area contributed by atoms with Gasteiger partial charge in [-0.1, -0.05) is 12.1 Å². The molecule has 0 saturated carbocycles. The molecule has 1 unspecified atom stereocenters. The average molecular weight is 491 g/mol. The van der Waals surface area contributed by atoms with E-state index in [9.17, 15) is 19.2 Å². The highest BCUT2D eigenvalue weighted by Gasteiger charge is 2.29. The fraction of sp³-hybridized carbons (Fsp3) is 0.583. The van der Waals surface area contributed by atoms with Gasteiger partial charge in [0.2, 0.25) is 11.8 Å². The van der Waals surface area contributed by atoms with E-state index in [0.29, 0.717) is 56.8 Å². The number of carbonyl (C=O) groups excluding carboxylic acids is 3. The fourth-order valence-corrected chi connectivity index (χ4v) is 3.88. The van der Waals surface area contributed by atoms with Crippen LogP contribution >= 0.6 is 0 Å². The van der Waals surface area contributed by atoms with Crippen LogP contribution in [0.1, 0.15) is 46.1 Å². The molecule has 1 aromatic carbocycles. The van der Waals surface area contributed by atoms with E-state index in [0.717, 1.165) is 0 Å². The largest absolute Gasteiger partial charge is 0.444 e. The number of imide groups is 1. The van der Waals surface area contributed by atoms with Crippen molar-refractivity contribution in [1.29, 1.82) is 0 Å². The van der Waals surface area contributed by atoms with Crippen molar-refractivity contribution >= 4 is 28.9 Å². The molecule has 0 spiro atoms. The minimum Gasteiger partial charge on any atom is -0.444 e. The van der Waals surface area contributed by atoms with Crippen LogP contribution in [0.25, 0.3) is 11.0 Å². The average Bonchev–Trinajstić information content (AvgIpc) is 2.93. The molecule has 192 valence electrons. The maximum absolute atomic E-state index is 13.2. The maximum Gasteiger partial charge on any atom is 0.407 e. The van der Waals surface area contributed by atoms with E-state index in [2.05, 4.69) is 10.6 Å². The highest BCUT2D eigenvalue weighted by atomic mass is 16.6. The molecule has 1 atom stereocenters. The zero-order valence-electron chi connectivity index (χ0n) is 20.5. The molecule has 0 radical (unpaired) electrons. The van der Waals surface area contributed by atoms with Gasteiger partial charge in [0.25, 0.3) is 0 Å². The molecule has 35 heavy (non-hydrogen) atoms. The smallest absolute Gasteiger partial charge is 0.407 e. The maximum atomic E-state index is 13.2. The Bertz CT molecular complexity index is 1100. The Morgan fingerprint density at radius 1 is 1.06 bits per heavy atom. The summed E-state index contributed by atoms with van der Waals surface area (Å²) in [7, 11) is 0. The first kappa shape index (κ1) is 26.4. The van der Waals surface area contributed by atoms with Crippen LogP contribution < -0.4 is 16.3 Å². The van der Waals surface area contributed by atoms with Crippen LogP contribution in [-0.2, 0) is 30.3 Å². The Kier molecular flexibility index (Phi) is 9.05. The summed E-state index contributed by atoms with van der Waals surface area (Å²) in [4.78, 5) is 49.1. The number of amides is 3. The number of carbonyl (C=O) groups is 3. The molecule has 11 nitrogen and oxygen atoms in total. The number of ether oxygens (including phenoxy) is 3. The number of rotatable bonds is 10. The van der Waals surface area contributed by atoms with Crippen LogP contribution in [-0.4, -0.2) is 65.6 Å². The highest BCUT2D eigenvalue weighted by Crippen LogP contribution is 2.23. The van der Waals surface area contributed by atoms with E-state index in [1.165, 1.54) is 4.57 Å². The standard InChI is InChI=1S/C24H34N4O7/c1-24(2,3)35-22(31)25-11-13-33-15-16-34-14-12-27-17-7-4-5-8-18(17)28(23(27)32)19-9-6-10-20(29)26-21(19)30/h4-5,7-8,19H,6,9-16H2,1-3H3,(H,25,31)(H,26,29,30). The summed E-state index contributed by atoms with van der Waals surface area (Å²) in [6.07, 6.45) is 0.727. The lowest BCUT2D eigenvalue weighted by atomic mass is 10.1. The quantitative estimate of drug-likeness (QED) is 0.383. The van der Waals surface area contributed by atoms with Gasteiger partial charge in [-0.2, -0.15) is 0 Å². The first-order chi connectivity index (χ1) is 16.7. The Balaban J connectivity index is 1.49.